The van der Waals surface area contributed by atoms with Crippen LogP contribution in [-0.2, 0) is 9.59 Å². The predicted octanol–water partition coefficient (Wildman–Crippen LogP) is 3.16. The van der Waals surface area contributed by atoms with Crippen LogP contribution >= 0.6 is 0 Å². The third-order valence-electron chi connectivity index (χ3n) is 4.85. The second kappa shape index (κ2) is 7.20. The van der Waals surface area contributed by atoms with Gasteiger partial charge in [-0.1, -0.05) is 6.07 Å². The summed E-state index contributed by atoms with van der Waals surface area (Å²) in [4.78, 5) is 42.4. The number of barbiturate groups is 1. The third-order valence-corrected chi connectivity index (χ3v) is 4.85. The van der Waals surface area contributed by atoms with Gasteiger partial charge in [0, 0.05) is 23.8 Å². The first-order valence-corrected chi connectivity index (χ1v) is 9.02. The molecule has 144 valence electrons. The lowest BCUT2D eigenvalue weighted by molar-refractivity contribution is -0.122. The number of amides is 4. The summed E-state index contributed by atoms with van der Waals surface area (Å²) in [6, 6.07) is 12.0. The number of urea groups is 1. The lowest BCUT2D eigenvalue weighted by Crippen LogP contribution is -2.54. The number of nitrogens with zero attached hydrogens (tertiary/aromatic N) is 3. The Bertz CT molecular complexity index is 1160. The quantitative estimate of drug-likeness (QED) is 0.554. The first-order chi connectivity index (χ1) is 14.0. The van der Waals surface area contributed by atoms with Crippen LogP contribution in [0.25, 0.3) is 11.8 Å². The molecule has 1 fully saturated rings. The van der Waals surface area contributed by atoms with Crippen LogP contribution in [-0.4, -0.2) is 27.4 Å². The number of hydrogen-bond acceptors (Lipinski definition) is 4. The number of nitrogens with one attached hydrogen (secondary N) is 1. The number of aromatic nitrogens is 2. The Balaban J connectivity index is 1.75. The van der Waals surface area contributed by atoms with Gasteiger partial charge in [0.25, 0.3) is 11.8 Å². The molecular formula is C22H18N4O3. The van der Waals surface area contributed by atoms with Crippen LogP contribution in [0, 0.1) is 13.8 Å². The van der Waals surface area contributed by atoms with Crippen molar-refractivity contribution in [3.8, 4) is 5.69 Å². The van der Waals surface area contributed by atoms with Gasteiger partial charge >= 0.3 is 6.03 Å². The molecule has 0 spiro atoms. The maximum atomic E-state index is 13.0. The van der Waals surface area contributed by atoms with Crippen molar-refractivity contribution >= 4 is 29.6 Å². The Hall–Kier alpha value is -4.00. The fraction of sp³-hybridized carbons (Fsp3) is 0.0909. The summed E-state index contributed by atoms with van der Waals surface area (Å²) < 4.78 is 1.88. The van der Waals surface area contributed by atoms with Gasteiger partial charge in [-0.05, 0) is 67.4 Å². The van der Waals surface area contributed by atoms with Crippen LogP contribution in [0.2, 0.25) is 0 Å². The summed E-state index contributed by atoms with van der Waals surface area (Å²) in [6.07, 6.45) is 6.27. The number of rotatable bonds is 3. The highest BCUT2D eigenvalue weighted by Gasteiger charge is 2.37. The fourth-order valence-electron chi connectivity index (χ4n) is 3.15. The third kappa shape index (κ3) is 3.34. The van der Waals surface area contributed by atoms with E-state index in [-0.39, 0.29) is 11.3 Å². The Kier molecular flexibility index (Phi) is 4.56. The van der Waals surface area contributed by atoms with Gasteiger partial charge in [0.15, 0.2) is 0 Å². The van der Waals surface area contributed by atoms with Gasteiger partial charge in [0.2, 0.25) is 0 Å². The molecule has 0 unspecified atom stereocenters. The van der Waals surface area contributed by atoms with E-state index < -0.39 is 17.8 Å². The molecule has 7 nitrogen and oxygen atoms in total. The van der Waals surface area contributed by atoms with Gasteiger partial charge in [-0.15, -0.1) is 0 Å². The number of aryl methyl sites for hydroxylation is 2. The van der Waals surface area contributed by atoms with Gasteiger partial charge in [0.1, 0.15) is 5.57 Å². The lowest BCUT2D eigenvalue weighted by atomic mass is 10.1. The highest BCUT2D eigenvalue weighted by Crippen LogP contribution is 2.23. The monoisotopic (exact) mass is 386 g/mol. The van der Waals surface area contributed by atoms with Crippen molar-refractivity contribution in [2.45, 2.75) is 13.8 Å². The van der Waals surface area contributed by atoms with Crippen molar-refractivity contribution in [2.24, 2.45) is 0 Å². The number of carbonyl (C=O) groups is 3. The number of hydrogen-bond donors (Lipinski definition) is 1. The Morgan fingerprint density at radius 2 is 1.79 bits per heavy atom. The number of pyridine rings is 1. The summed E-state index contributed by atoms with van der Waals surface area (Å²) >= 11 is 0. The molecule has 29 heavy (non-hydrogen) atoms. The summed E-state index contributed by atoms with van der Waals surface area (Å²) in [5.41, 5.74) is 4.03. The number of benzene rings is 1. The van der Waals surface area contributed by atoms with E-state index in [0.717, 1.165) is 16.2 Å². The summed E-state index contributed by atoms with van der Waals surface area (Å²) in [5, 5.41) is 2.22. The molecule has 1 aromatic carbocycles. The molecule has 1 saturated heterocycles. The average Bonchev–Trinajstić information content (AvgIpc) is 3.16. The average molecular weight is 386 g/mol. The number of anilines is 1. The van der Waals surface area contributed by atoms with Gasteiger partial charge in [-0.25, -0.2) is 9.69 Å². The SMILES string of the molecule is Cc1ccc(-n2cccc2/C=C2\C(=O)NC(=O)N(c3cccnc3)C2=O)cc1C. The van der Waals surface area contributed by atoms with E-state index in [1.54, 1.807) is 18.2 Å². The first kappa shape index (κ1) is 18.4. The van der Waals surface area contributed by atoms with Gasteiger partial charge in [0.05, 0.1) is 11.9 Å². The minimum atomic E-state index is -0.797. The Labute approximate surface area is 167 Å². The molecule has 2 aromatic heterocycles. The standard InChI is InChI=1S/C22H18N4O3/c1-14-7-8-17(11-15(14)2)25-10-4-6-16(25)12-19-20(27)24-22(29)26(21(19)28)18-5-3-9-23-13-18/h3-13H,1-2H3,(H,24,27,29)/b19-12+. The van der Waals surface area contributed by atoms with Gasteiger partial charge in [-0.2, -0.15) is 0 Å². The molecule has 7 heteroatoms. The molecule has 0 atom stereocenters. The molecule has 1 aliphatic rings. The highest BCUT2D eigenvalue weighted by atomic mass is 16.2. The number of carbonyl (C=O) groups excluding carboxylic acids is 3. The molecule has 0 radical (unpaired) electrons. The van der Waals surface area contributed by atoms with Crippen molar-refractivity contribution in [3.05, 3.63) is 83.4 Å². The second-order valence-electron chi connectivity index (χ2n) is 6.74. The zero-order chi connectivity index (χ0) is 20.5. The van der Waals surface area contributed by atoms with E-state index in [9.17, 15) is 14.4 Å². The Morgan fingerprint density at radius 1 is 0.966 bits per heavy atom. The number of imide groups is 2. The largest absolute Gasteiger partial charge is 0.336 e. The molecule has 3 heterocycles. The molecule has 0 aliphatic carbocycles. The molecule has 4 amide bonds. The van der Waals surface area contributed by atoms with Crippen molar-refractivity contribution in [1.82, 2.24) is 14.9 Å². The molecule has 1 N–H and O–H groups in total. The second-order valence-corrected chi connectivity index (χ2v) is 6.74. The minimum absolute atomic E-state index is 0.128. The molecular weight excluding hydrogens is 368 g/mol. The zero-order valence-corrected chi connectivity index (χ0v) is 15.9. The van der Waals surface area contributed by atoms with Crippen LogP contribution in [0.3, 0.4) is 0 Å². The molecule has 1 aliphatic heterocycles. The van der Waals surface area contributed by atoms with Crippen molar-refractivity contribution in [3.63, 3.8) is 0 Å². The van der Waals surface area contributed by atoms with E-state index in [0.29, 0.717) is 5.69 Å². The van der Waals surface area contributed by atoms with E-state index in [4.69, 9.17) is 0 Å². The Morgan fingerprint density at radius 3 is 2.52 bits per heavy atom. The van der Waals surface area contributed by atoms with Crippen molar-refractivity contribution in [2.75, 3.05) is 4.90 Å². The fourth-order valence-corrected chi connectivity index (χ4v) is 3.15. The zero-order valence-electron chi connectivity index (χ0n) is 15.9. The summed E-state index contributed by atoms with van der Waals surface area (Å²) in [6.45, 7) is 4.06. The molecule has 0 bridgehead atoms. The molecule has 3 aromatic rings. The van der Waals surface area contributed by atoms with Crippen LogP contribution in [0.5, 0.6) is 0 Å². The van der Waals surface area contributed by atoms with Gasteiger partial charge < -0.3 is 4.57 Å². The lowest BCUT2D eigenvalue weighted by Gasteiger charge is -2.26. The summed E-state index contributed by atoms with van der Waals surface area (Å²) in [7, 11) is 0. The smallest absolute Gasteiger partial charge is 0.317 e. The maximum absolute atomic E-state index is 13.0. The molecule has 0 saturated carbocycles. The van der Waals surface area contributed by atoms with Crippen molar-refractivity contribution < 1.29 is 14.4 Å². The predicted molar refractivity (Wildman–Crippen MR) is 108 cm³/mol. The van der Waals surface area contributed by atoms with E-state index in [1.165, 1.54) is 24.0 Å². The van der Waals surface area contributed by atoms with Crippen LogP contribution < -0.4 is 10.2 Å². The topological polar surface area (TPSA) is 84.3 Å². The highest BCUT2D eigenvalue weighted by molar-refractivity contribution is 6.39. The molecule has 4 rings (SSSR count). The van der Waals surface area contributed by atoms with E-state index in [1.807, 2.05) is 48.9 Å². The first-order valence-electron chi connectivity index (χ1n) is 9.02. The maximum Gasteiger partial charge on any atom is 0.336 e. The van der Waals surface area contributed by atoms with Crippen LogP contribution in [0.4, 0.5) is 10.5 Å². The summed E-state index contributed by atoms with van der Waals surface area (Å²) in [5.74, 6) is -1.42. The van der Waals surface area contributed by atoms with E-state index in [2.05, 4.69) is 10.3 Å². The van der Waals surface area contributed by atoms with Crippen LogP contribution in [0.15, 0.2) is 66.6 Å². The van der Waals surface area contributed by atoms with Crippen molar-refractivity contribution in [1.29, 1.82) is 0 Å². The van der Waals surface area contributed by atoms with E-state index >= 15 is 0 Å². The minimum Gasteiger partial charge on any atom is -0.317 e. The van der Waals surface area contributed by atoms with Gasteiger partial charge in [-0.3, -0.25) is 19.9 Å². The normalized spacial score (nSPS) is 15.7. The van der Waals surface area contributed by atoms with Crippen LogP contribution in [0.1, 0.15) is 16.8 Å².